The van der Waals surface area contributed by atoms with Crippen LogP contribution in [0.1, 0.15) is 18.5 Å². The second kappa shape index (κ2) is 5.08. The molecule has 0 spiro atoms. The van der Waals surface area contributed by atoms with Gasteiger partial charge in [0.2, 0.25) is 0 Å². The second-order valence-corrected chi connectivity index (χ2v) is 5.41. The zero-order chi connectivity index (χ0) is 10.7. The third-order valence-corrected chi connectivity index (χ3v) is 3.89. The SMILES string of the molecule is Cc1nc(Cl)ccc1NC1CCSCC1. The maximum Gasteiger partial charge on any atom is 0.129 e. The number of thioether (sulfide) groups is 1. The summed E-state index contributed by atoms with van der Waals surface area (Å²) in [7, 11) is 0. The number of hydrogen-bond donors (Lipinski definition) is 1. The number of nitrogens with one attached hydrogen (secondary N) is 1. The van der Waals surface area contributed by atoms with Crippen molar-refractivity contribution in [1.82, 2.24) is 4.98 Å². The lowest BCUT2D eigenvalue weighted by molar-refractivity contribution is 0.665. The third kappa shape index (κ3) is 3.02. The first-order chi connectivity index (χ1) is 7.25. The number of aromatic nitrogens is 1. The summed E-state index contributed by atoms with van der Waals surface area (Å²) in [5, 5.41) is 4.11. The van der Waals surface area contributed by atoms with E-state index in [4.69, 9.17) is 11.6 Å². The highest BCUT2D eigenvalue weighted by molar-refractivity contribution is 7.99. The van der Waals surface area contributed by atoms with Crippen LogP contribution in [-0.2, 0) is 0 Å². The van der Waals surface area contributed by atoms with Crippen molar-refractivity contribution in [1.29, 1.82) is 0 Å². The topological polar surface area (TPSA) is 24.9 Å². The van der Waals surface area contributed by atoms with Gasteiger partial charge in [0.1, 0.15) is 5.15 Å². The minimum atomic E-state index is 0.567. The van der Waals surface area contributed by atoms with Gasteiger partial charge >= 0.3 is 0 Å². The maximum absolute atomic E-state index is 5.82. The molecule has 1 fully saturated rings. The Labute approximate surface area is 99.8 Å². The molecule has 0 unspecified atom stereocenters. The van der Waals surface area contributed by atoms with Gasteiger partial charge in [-0.05, 0) is 43.4 Å². The summed E-state index contributed by atoms with van der Waals surface area (Å²) >= 11 is 7.86. The Bertz CT molecular complexity index is 337. The molecule has 2 nitrogen and oxygen atoms in total. The van der Waals surface area contributed by atoms with Crippen LogP contribution in [0.15, 0.2) is 12.1 Å². The summed E-state index contributed by atoms with van der Waals surface area (Å²) in [6.45, 7) is 1.99. The number of rotatable bonds is 2. The van der Waals surface area contributed by atoms with E-state index in [2.05, 4.69) is 10.3 Å². The van der Waals surface area contributed by atoms with Gasteiger partial charge in [0.15, 0.2) is 0 Å². The van der Waals surface area contributed by atoms with E-state index in [0.29, 0.717) is 11.2 Å². The molecule has 0 radical (unpaired) electrons. The monoisotopic (exact) mass is 242 g/mol. The highest BCUT2D eigenvalue weighted by Crippen LogP contribution is 2.23. The van der Waals surface area contributed by atoms with E-state index in [1.54, 1.807) is 0 Å². The number of hydrogen-bond acceptors (Lipinski definition) is 3. The van der Waals surface area contributed by atoms with Crippen LogP contribution in [-0.4, -0.2) is 22.5 Å². The normalized spacial score (nSPS) is 17.7. The molecule has 1 aromatic rings. The van der Waals surface area contributed by atoms with Crippen molar-refractivity contribution in [3.63, 3.8) is 0 Å². The second-order valence-electron chi connectivity index (χ2n) is 3.80. The van der Waals surface area contributed by atoms with Crippen LogP contribution in [0.4, 0.5) is 5.69 Å². The van der Waals surface area contributed by atoms with Crippen LogP contribution in [0, 0.1) is 6.92 Å². The van der Waals surface area contributed by atoms with E-state index < -0.39 is 0 Å². The van der Waals surface area contributed by atoms with Gasteiger partial charge in [0.05, 0.1) is 11.4 Å². The number of halogens is 1. The Morgan fingerprint density at radius 1 is 1.40 bits per heavy atom. The van der Waals surface area contributed by atoms with E-state index in [-0.39, 0.29) is 0 Å². The molecule has 1 aliphatic rings. The Morgan fingerprint density at radius 3 is 2.80 bits per heavy atom. The minimum absolute atomic E-state index is 0.567. The van der Waals surface area contributed by atoms with Gasteiger partial charge in [-0.3, -0.25) is 0 Å². The fraction of sp³-hybridized carbons (Fsp3) is 0.545. The molecular weight excluding hydrogens is 228 g/mol. The van der Waals surface area contributed by atoms with E-state index >= 15 is 0 Å². The Kier molecular flexibility index (Phi) is 3.76. The van der Waals surface area contributed by atoms with Crippen LogP contribution in [0.3, 0.4) is 0 Å². The molecule has 0 saturated carbocycles. The lowest BCUT2D eigenvalue weighted by Gasteiger charge is -2.24. The molecule has 0 aliphatic carbocycles. The lowest BCUT2D eigenvalue weighted by atomic mass is 10.1. The Hall–Kier alpha value is -0.410. The van der Waals surface area contributed by atoms with Gasteiger partial charge in [0.25, 0.3) is 0 Å². The Morgan fingerprint density at radius 2 is 2.13 bits per heavy atom. The van der Waals surface area contributed by atoms with Crippen LogP contribution in [0.25, 0.3) is 0 Å². The number of aryl methyl sites for hydroxylation is 1. The maximum atomic E-state index is 5.82. The number of pyridine rings is 1. The molecule has 1 N–H and O–H groups in total. The molecule has 1 aliphatic heterocycles. The summed E-state index contributed by atoms with van der Waals surface area (Å²) in [5.74, 6) is 2.52. The molecule has 1 saturated heterocycles. The number of anilines is 1. The van der Waals surface area contributed by atoms with Crippen molar-refractivity contribution in [3.8, 4) is 0 Å². The molecule has 2 rings (SSSR count). The van der Waals surface area contributed by atoms with E-state index in [1.807, 2.05) is 30.8 Å². The van der Waals surface area contributed by atoms with Gasteiger partial charge in [-0.25, -0.2) is 4.98 Å². The first kappa shape index (κ1) is 11.1. The smallest absolute Gasteiger partial charge is 0.129 e. The molecule has 1 aromatic heterocycles. The Balaban J connectivity index is 2.03. The predicted octanol–water partition coefficient (Wildman–Crippen LogP) is 3.35. The molecule has 0 amide bonds. The molecule has 0 bridgehead atoms. The summed E-state index contributed by atoms with van der Waals surface area (Å²) in [6.07, 6.45) is 2.49. The van der Waals surface area contributed by atoms with Crippen molar-refractivity contribution in [3.05, 3.63) is 23.0 Å². The third-order valence-electron chi connectivity index (χ3n) is 2.63. The van der Waals surface area contributed by atoms with Gasteiger partial charge in [-0.2, -0.15) is 11.8 Å². The van der Waals surface area contributed by atoms with Crippen molar-refractivity contribution in [2.45, 2.75) is 25.8 Å². The summed E-state index contributed by atoms with van der Waals surface area (Å²) in [5.41, 5.74) is 2.11. The molecular formula is C11H15ClN2S. The average Bonchev–Trinajstić information content (AvgIpc) is 2.24. The summed E-state index contributed by atoms with van der Waals surface area (Å²) in [4.78, 5) is 4.24. The van der Waals surface area contributed by atoms with Gasteiger partial charge in [-0.1, -0.05) is 11.6 Å². The van der Waals surface area contributed by atoms with Crippen LogP contribution in [0.2, 0.25) is 5.15 Å². The molecule has 4 heteroatoms. The van der Waals surface area contributed by atoms with Gasteiger partial charge in [-0.15, -0.1) is 0 Å². The first-order valence-corrected chi connectivity index (χ1v) is 6.76. The van der Waals surface area contributed by atoms with Crippen LogP contribution >= 0.6 is 23.4 Å². The zero-order valence-corrected chi connectivity index (χ0v) is 10.4. The van der Waals surface area contributed by atoms with E-state index in [0.717, 1.165) is 11.4 Å². The van der Waals surface area contributed by atoms with E-state index in [1.165, 1.54) is 24.3 Å². The van der Waals surface area contributed by atoms with Crippen molar-refractivity contribution in [2.24, 2.45) is 0 Å². The van der Waals surface area contributed by atoms with Crippen molar-refractivity contribution >= 4 is 29.1 Å². The molecule has 0 atom stereocenters. The minimum Gasteiger partial charge on any atom is -0.381 e. The molecule has 82 valence electrons. The molecule has 0 aromatic carbocycles. The number of nitrogens with zero attached hydrogens (tertiary/aromatic N) is 1. The molecule has 2 heterocycles. The van der Waals surface area contributed by atoms with E-state index in [9.17, 15) is 0 Å². The fourth-order valence-corrected chi connectivity index (χ4v) is 3.04. The summed E-state index contributed by atoms with van der Waals surface area (Å²) < 4.78 is 0. The fourth-order valence-electron chi connectivity index (χ4n) is 1.74. The first-order valence-electron chi connectivity index (χ1n) is 5.23. The van der Waals surface area contributed by atoms with Crippen molar-refractivity contribution < 1.29 is 0 Å². The van der Waals surface area contributed by atoms with Gasteiger partial charge in [0, 0.05) is 6.04 Å². The van der Waals surface area contributed by atoms with Crippen LogP contribution < -0.4 is 5.32 Å². The molecule has 15 heavy (non-hydrogen) atoms. The zero-order valence-electron chi connectivity index (χ0n) is 8.79. The lowest BCUT2D eigenvalue weighted by Crippen LogP contribution is -2.24. The highest BCUT2D eigenvalue weighted by Gasteiger charge is 2.14. The summed E-state index contributed by atoms with van der Waals surface area (Å²) in [6, 6.07) is 4.47. The predicted molar refractivity (Wildman–Crippen MR) is 68.0 cm³/mol. The average molecular weight is 243 g/mol. The van der Waals surface area contributed by atoms with Gasteiger partial charge < -0.3 is 5.32 Å². The largest absolute Gasteiger partial charge is 0.381 e. The van der Waals surface area contributed by atoms with Crippen LogP contribution in [0.5, 0.6) is 0 Å². The quantitative estimate of drug-likeness (QED) is 0.806. The van der Waals surface area contributed by atoms with Crippen molar-refractivity contribution in [2.75, 3.05) is 16.8 Å². The highest BCUT2D eigenvalue weighted by atomic mass is 35.5. The standard InChI is InChI=1S/C11H15ClN2S/c1-8-10(2-3-11(12)13-8)14-9-4-6-15-7-5-9/h2-3,9,14H,4-7H2,1H3.